The van der Waals surface area contributed by atoms with Crippen LogP contribution in [0.2, 0.25) is 0 Å². The Kier molecular flexibility index (Phi) is 4.60. The maximum Gasteiger partial charge on any atom is 0.0331 e. The molecule has 0 amide bonds. The Morgan fingerprint density at radius 2 is 1.80 bits per heavy atom. The van der Waals surface area contributed by atoms with Crippen molar-refractivity contribution in [1.82, 2.24) is 9.96 Å². The average Bonchev–Trinajstić information content (AvgIpc) is 1.82. The monoisotopic (exact) mass is 146 g/mol. The molecule has 0 fully saturated rings. The molecular weight excluding hydrogens is 128 g/mol. The normalized spacial score (nSPS) is 14.7. The third kappa shape index (κ3) is 4.73. The zero-order valence-electron chi connectivity index (χ0n) is 7.33. The van der Waals surface area contributed by atoms with E-state index in [4.69, 9.17) is 5.21 Å². The lowest BCUT2D eigenvalue weighted by Gasteiger charge is -2.19. The number of hydrogen-bond donors (Lipinski definition) is 1. The van der Waals surface area contributed by atoms with Crippen LogP contribution >= 0.6 is 0 Å². The molecule has 1 unspecified atom stereocenters. The quantitative estimate of drug-likeness (QED) is 0.590. The highest BCUT2D eigenvalue weighted by molar-refractivity contribution is 4.57. The third-order valence-corrected chi connectivity index (χ3v) is 1.63. The average molecular weight is 146 g/mol. The van der Waals surface area contributed by atoms with Gasteiger partial charge >= 0.3 is 0 Å². The van der Waals surface area contributed by atoms with Crippen molar-refractivity contribution in [2.75, 3.05) is 27.7 Å². The topological polar surface area (TPSA) is 26.7 Å². The number of rotatable bonds is 4. The van der Waals surface area contributed by atoms with Crippen LogP contribution in [0, 0.1) is 0 Å². The van der Waals surface area contributed by atoms with Crippen LogP contribution < -0.4 is 0 Å². The fourth-order valence-electron chi connectivity index (χ4n) is 0.632. The lowest BCUT2D eigenvalue weighted by Crippen LogP contribution is -2.29. The van der Waals surface area contributed by atoms with E-state index in [9.17, 15) is 0 Å². The van der Waals surface area contributed by atoms with E-state index in [0.29, 0.717) is 0 Å². The summed E-state index contributed by atoms with van der Waals surface area (Å²) in [7, 11) is 5.74. The molecule has 0 aromatic rings. The minimum atomic E-state index is 0.252. The molecule has 0 rings (SSSR count). The Morgan fingerprint density at radius 3 is 2.10 bits per heavy atom. The lowest BCUT2D eigenvalue weighted by atomic mass is 10.2. The molecule has 0 aliphatic rings. The maximum atomic E-state index is 8.95. The Morgan fingerprint density at radius 1 is 1.30 bits per heavy atom. The fourth-order valence-corrected chi connectivity index (χ4v) is 0.632. The predicted molar refractivity (Wildman–Crippen MR) is 42.2 cm³/mol. The highest BCUT2D eigenvalue weighted by Crippen LogP contribution is 1.97. The summed E-state index contributed by atoms with van der Waals surface area (Å²) in [6.45, 7) is 3.02. The van der Waals surface area contributed by atoms with E-state index in [0.717, 1.165) is 13.0 Å². The van der Waals surface area contributed by atoms with Gasteiger partial charge in [0, 0.05) is 13.1 Å². The minimum absolute atomic E-state index is 0.252. The van der Waals surface area contributed by atoms with Crippen molar-refractivity contribution in [3.05, 3.63) is 0 Å². The van der Waals surface area contributed by atoms with Gasteiger partial charge in [0.2, 0.25) is 0 Å². The van der Waals surface area contributed by atoms with E-state index in [1.54, 1.807) is 7.05 Å². The van der Waals surface area contributed by atoms with Crippen molar-refractivity contribution in [1.29, 1.82) is 0 Å². The van der Waals surface area contributed by atoms with Crippen molar-refractivity contribution in [3.63, 3.8) is 0 Å². The number of hydroxylamine groups is 2. The van der Waals surface area contributed by atoms with Crippen molar-refractivity contribution in [3.8, 4) is 0 Å². The van der Waals surface area contributed by atoms with Crippen molar-refractivity contribution < 1.29 is 5.21 Å². The summed E-state index contributed by atoms with van der Waals surface area (Å²) in [6.07, 6.45) is 1.00. The number of hydrogen-bond acceptors (Lipinski definition) is 3. The van der Waals surface area contributed by atoms with Crippen molar-refractivity contribution in [2.24, 2.45) is 0 Å². The Labute approximate surface area is 63.2 Å². The zero-order chi connectivity index (χ0) is 8.15. The van der Waals surface area contributed by atoms with Gasteiger partial charge in [0.05, 0.1) is 0 Å². The van der Waals surface area contributed by atoms with Crippen LogP contribution in [0.1, 0.15) is 13.3 Å². The highest BCUT2D eigenvalue weighted by atomic mass is 16.5. The predicted octanol–water partition coefficient (Wildman–Crippen LogP) is 0.648. The first kappa shape index (κ1) is 9.88. The second-order valence-electron chi connectivity index (χ2n) is 3.01. The Hall–Kier alpha value is -0.120. The molecule has 10 heavy (non-hydrogen) atoms. The largest absolute Gasteiger partial charge is 0.314 e. The molecule has 1 atom stereocenters. The standard InChI is InChI=1S/C7H18N2O/c1-7(9(4)10)5-6-8(2)3/h7,10H,5-6H2,1-4H3. The summed E-state index contributed by atoms with van der Waals surface area (Å²) in [5.41, 5.74) is 0. The molecular formula is C7H18N2O. The van der Waals surface area contributed by atoms with Gasteiger partial charge in [-0.25, -0.2) is 0 Å². The molecule has 0 heterocycles. The molecule has 0 aromatic carbocycles. The summed E-state index contributed by atoms with van der Waals surface area (Å²) < 4.78 is 0. The molecule has 0 saturated heterocycles. The van der Waals surface area contributed by atoms with E-state index < -0.39 is 0 Å². The van der Waals surface area contributed by atoms with E-state index in [1.165, 1.54) is 5.06 Å². The Balaban J connectivity index is 3.30. The molecule has 0 spiro atoms. The van der Waals surface area contributed by atoms with Gasteiger partial charge < -0.3 is 10.1 Å². The van der Waals surface area contributed by atoms with Crippen molar-refractivity contribution >= 4 is 0 Å². The third-order valence-electron chi connectivity index (χ3n) is 1.63. The van der Waals surface area contributed by atoms with Gasteiger partial charge in [0.25, 0.3) is 0 Å². The summed E-state index contributed by atoms with van der Waals surface area (Å²) in [4.78, 5) is 2.11. The first-order chi connectivity index (χ1) is 4.54. The molecule has 0 bridgehead atoms. The summed E-state index contributed by atoms with van der Waals surface area (Å²) in [6, 6.07) is 0.252. The first-order valence-electron chi connectivity index (χ1n) is 3.60. The minimum Gasteiger partial charge on any atom is -0.314 e. The van der Waals surface area contributed by atoms with E-state index in [-0.39, 0.29) is 6.04 Å². The fraction of sp³-hybridized carbons (Fsp3) is 1.00. The molecule has 0 radical (unpaired) electrons. The first-order valence-corrected chi connectivity index (χ1v) is 3.60. The lowest BCUT2D eigenvalue weighted by molar-refractivity contribution is -0.0995. The van der Waals surface area contributed by atoms with Gasteiger partial charge in [-0.05, 0) is 34.0 Å². The highest BCUT2D eigenvalue weighted by Gasteiger charge is 2.05. The second-order valence-corrected chi connectivity index (χ2v) is 3.01. The second kappa shape index (κ2) is 4.66. The molecule has 3 heteroatoms. The molecule has 1 N–H and O–H groups in total. The molecule has 62 valence electrons. The SMILES string of the molecule is CC(CCN(C)C)N(C)O. The molecule has 0 saturated carbocycles. The van der Waals surface area contributed by atoms with Gasteiger partial charge in [0.1, 0.15) is 0 Å². The van der Waals surface area contributed by atoms with E-state index in [1.807, 2.05) is 21.0 Å². The van der Waals surface area contributed by atoms with Crippen LogP contribution in [-0.2, 0) is 0 Å². The summed E-state index contributed by atoms with van der Waals surface area (Å²) in [5.74, 6) is 0. The molecule has 0 aliphatic carbocycles. The smallest absolute Gasteiger partial charge is 0.0331 e. The van der Waals surface area contributed by atoms with Crippen LogP contribution in [0.3, 0.4) is 0 Å². The van der Waals surface area contributed by atoms with E-state index in [2.05, 4.69) is 4.90 Å². The summed E-state index contributed by atoms with van der Waals surface area (Å²) >= 11 is 0. The van der Waals surface area contributed by atoms with Gasteiger partial charge in [-0.3, -0.25) is 0 Å². The maximum absolute atomic E-state index is 8.95. The Bertz CT molecular complexity index is 83.7. The van der Waals surface area contributed by atoms with Gasteiger partial charge in [-0.2, -0.15) is 5.06 Å². The van der Waals surface area contributed by atoms with Gasteiger partial charge in [-0.1, -0.05) is 0 Å². The van der Waals surface area contributed by atoms with Gasteiger partial charge in [0.15, 0.2) is 0 Å². The zero-order valence-corrected chi connectivity index (χ0v) is 7.33. The molecule has 0 aliphatic heterocycles. The van der Waals surface area contributed by atoms with E-state index >= 15 is 0 Å². The van der Waals surface area contributed by atoms with Crippen LogP contribution in [0.25, 0.3) is 0 Å². The molecule has 0 aromatic heterocycles. The van der Waals surface area contributed by atoms with Gasteiger partial charge in [-0.15, -0.1) is 0 Å². The number of nitrogens with zero attached hydrogens (tertiary/aromatic N) is 2. The van der Waals surface area contributed by atoms with Crippen molar-refractivity contribution in [2.45, 2.75) is 19.4 Å². The molecule has 3 nitrogen and oxygen atoms in total. The van der Waals surface area contributed by atoms with Crippen LogP contribution in [0.15, 0.2) is 0 Å². The van der Waals surface area contributed by atoms with Crippen LogP contribution in [0.4, 0.5) is 0 Å². The van der Waals surface area contributed by atoms with Crippen LogP contribution in [-0.4, -0.2) is 48.9 Å². The van der Waals surface area contributed by atoms with Crippen LogP contribution in [0.5, 0.6) is 0 Å². The summed E-state index contributed by atoms with van der Waals surface area (Å²) in [5, 5.41) is 10.2.